The van der Waals surface area contributed by atoms with E-state index < -0.39 is 5.24 Å². The SMILES string of the molecule is CCCCC(C#N)c1cccc(C(=O)Cl)c1. The number of benzene rings is 1. The van der Waals surface area contributed by atoms with Gasteiger partial charge in [-0.2, -0.15) is 5.26 Å². The predicted octanol–water partition coefficient (Wildman–Crippen LogP) is 3.86. The minimum absolute atomic E-state index is 0.143. The van der Waals surface area contributed by atoms with Gasteiger partial charge in [-0.3, -0.25) is 4.79 Å². The number of carbonyl (C=O) groups excluding carboxylic acids is 1. The molecule has 16 heavy (non-hydrogen) atoms. The maximum absolute atomic E-state index is 11.0. The topological polar surface area (TPSA) is 40.9 Å². The Morgan fingerprint density at radius 1 is 1.56 bits per heavy atom. The van der Waals surface area contributed by atoms with Crippen LogP contribution in [-0.2, 0) is 0 Å². The van der Waals surface area contributed by atoms with Gasteiger partial charge in [0.2, 0.25) is 0 Å². The summed E-state index contributed by atoms with van der Waals surface area (Å²) in [5, 5.41) is 8.59. The quantitative estimate of drug-likeness (QED) is 0.727. The van der Waals surface area contributed by atoms with E-state index in [-0.39, 0.29) is 5.92 Å². The van der Waals surface area contributed by atoms with Gasteiger partial charge < -0.3 is 0 Å². The van der Waals surface area contributed by atoms with Gasteiger partial charge in [0.05, 0.1) is 12.0 Å². The van der Waals surface area contributed by atoms with Crippen LogP contribution in [0, 0.1) is 11.3 Å². The van der Waals surface area contributed by atoms with Crippen molar-refractivity contribution in [1.82, 2.24) is 0 Å². The van der Waals surface area contributed by atoms with E-state index in [0.717, 1.165) is 24.8 Å². The van der Waals surface area contributed by atoms with Crippen molar-refractivity contribution in [3.8, 4) is 6.07 Å². The van der Waals surface area contributed by atoms with Crippen LogP contribution in [0.5, 0.6) is 0 Å². The molecule has 1 aromatic carbocycles. The van der Waals surface area contributed by atoms with Crippen LogP contribution in [0.15, 0.2) is 24.3 Å². The fourth-order valence-electron chi connectivity index (χ4n) is 1.59. The number of hydrogen-bond acceptors (Lipinski definition) is 2. The summed E-state index contributed by atoms with van der Waals surface area (Å²) in [6.45, 7) is 2.09. The smallest absolute Gasteiger partial charge is 0.252 e. The summed E-state index contributed by atoms with van der Waals surface area (Å²) in [6.07, 6.45) is 2.90. The summed E-state index contributed by atoms with van der Waals surface area (Å²) in [5.41, 5.74) is 1.33. The van der Waals surface area contributed by atoms with E-state index >= 15 is 0 Å². The van der Waals surface area contributed by atoms with Crippen molar-refractivity contribution >= 4 is 16.8 Å². The van der Waals surface area contributed by atoms with E-state index in [0.29, 0.717) is 5.56 Å². The van der Waals surface area contributed by atoms with Gasteiger partial charge >= 0.3 is 0 Å². The molecule has 0 fully saturated rings. The Morgan fingerprint density at radius 3 is 2.88 bits per heavy atom. The average molecular weight is 236 g/mol. The van der Waals surface area contributed by atoms with Crippen LogP contribution in [0.3, 0.4) is 0 Å². The Kier molecular flexibility index (Phi) is 5.01. The highest BCUT2D eigenvalue weighted by Crippen LogP contribution is 2.22. The van der Waals surface area contributed by atoms with Gasteiger partial charge in [-0.15, -0.1) is 0 Å². The molecule has 1 aromatic rings. The van der Waals surface area contributed by atoms with Crippen LogP contribution >= 0.6 is 11.6 Å². The first-order valence-corrected chi connectivity index (χ1v) is 5.76. The number of rotatable bonds is 5. The number of nitrogens with zero attached hydrogens (tertiary/aromatic N) is 1. The van der Waals surface area contributed by atoms with Gasteiger partial charge in [0.15, 0.2) is 0 Å². The van der Waals surface area contributed by atoms with Crippen molar-refractivity contribution in [1.29, 1.82) is 5.26 Å². The zero-order chi connectivity index (χ0) is 12.0. The second-order valence-electron chi connectivity index (χ2n) is 3.72. The minimum atomic E-state index is -0.478. The third-order valence-corrected chi connectivity index (χ3v) is 2.74. The summed E-state index contributed by atoms with van der Waals surface area (Å²) in [7, 11) is 0. The molecule has 0 spiro atoms. The first kappa shape index (κ1) is 12.7. The molecule has 0 radical (unpaired) electrons. The molecule has 0 saturated carbocycles. The van der Waals surface area contributed by atoms with Crippen LogP contribution in [0.2, 0.25) is 0 Å². The maximum atomic E-state index is 11.0. The monoisotopic (exact) mass is 235 g/mol. The van der Waals surface area contributed by atoms with Gasteiger partial charge in [-0.25, -0.2) is 0 Å². The molecular formula is C13H14ClNO. The predicted molar refractivity (Wildman–Crippen MR) is 64.5 cm³/mol. The molecular weight excluding hydrogens is 222 g/mol. The van der Waals surface area contributed by atoms with E-state index in [1.165, 1.54) is 0 Å². The maximum Gasteiger partial charge on any atom is 0.252 e. The van der Waals surface area contributed by atoms with Gasteiger partial charge in [0, 0.05) is 5.56 Å². The summed E-state index contributed by atoms with van der Waals surface area (Å²) in [4.78, 5) is 11.0. The van der Waals surface area contributed by atoms with Crippen LogP contribution in [0.1, 0.15) is 48.0 Å². The normalized spacial score (nSPS) is 11.8. The molecule has 0 amide bonds. The van der Waals surface area contributed by atoms with Crippen LogP contribution in [0.25, 0.3) is 0 Å². The minimum Gasteiger partial charge on any atom is -0.276 e. The second-order valence-corrected chi connectivity index (χ2v) is 4.07. The van der Waals surface area contributed by atoms with E-state index in [4.69, 9.17) is 16.9 Å². The average Bonchev–Trinajstić information content (AvgIpc) is 2.30. The van der Waals surface area contributed by atoms with E-state index in [1.807, 2.05) is 6.07 Å². The molecule has 1 atom stereocenters. The largest absolute Gasteiger partial charge is 0.276 e. The number of hydrogen-bond donors (Lipinski definition) is 0. The summed E-state index contributed by atoms with van der Waals surface area (Å²) in [5.74, 6) is -0.143. The third kappa shape index (κ3) is 3.36. The molecule has 0 saturated heterocycles. The van der Waals surface area contributed by atoms with E-state index in [2.05, 4.69) is 13.0 Å². The van der Waals surface area contributed by atoms with Gasteiger partial charge in [-0.1, -0.05) is 38.0 Å². The summed E-state index contributed by atoms with van der Waals surface area (Å²) in [6, 6.07) is 9.26. The number of nitriles is 1. The Morgan fingerprint density at radius 2 is 2.31 bits per heavy atom. The van der Waals surface area contributed by atoms with Gasteiger partial charge in [0.25, 0.3) is 5.24 Å². The zero-order valence-corrected chi connectivity index (χ0v) is 10.00. The van der Waals surface area contributed by atoms with Crippen molar-refractivity contribution in [2.45, 2.75) is 32.1 Å². The van der Waals surface area contributed by atoms with Crippen LogP contribution in [-0.4, -0.2) is 5.24 Å². The zero-order valence-electron chi connectivity index (χ0n) is 9.24. The lowest BCUT2D eigenvalue weighted by atomic mass is 9.94. The number of unbranched alkanes of at least 4 members (excludes halogenated alkanes) is 1. The summed E-state index contributed by atoms with van der Waals surface area (Å²) < 4.78 is 0. The van der Waals surface area contributed by atoms with Gasteiger partial charge in [0.1, 0.15) is 0 Å². The molecule has 0 aliphatic rings. The van der Waals surface area contributed by atoms with Crippen LogP contribution in [0.4, 0.5) is 0 Å². The molecule has 0 aromatic heterocycles. The van der Waals surface area contributed by atoms with Crippen molar-refractivity contribution in [2.24, 2.45) is 0 Å². The lowest BCUT2D eigenvalue weighted by Crippen LogP contribution is -1.98. The summed E-state index contributed by atoms with van der Waals surface area (Å²) >= 11 is 5.41. The highest BCUT2D eigenvalue weighted by Gasteiger charge is 2.11. The highest BCUT2D eigenvalue weighted by molar-refractivity contribution is 6.67. The fourth-order valence-corrected chi connectivity index (χ4v) is 1.71. The molecule has 1 rings (SSSR count). The Labute approximate surface area is 101 Å². The molecule has 0 heterocycles. The van der Waals surface area contributed by atoms with E-state index in [1.54, 1.807) is 18.2 Å². The van der Waals surface area contributed by atoms with Crippen molar-refractivity contribution in [2.75, 3.05) is 0 Å². The molecule has 0 bridgehead atoms. The lowest BCUT2D eigenvalue weighted by molar-refractivity contribution is 0.108. The number of halogens is 1. The van der Waals surface area contributed by atoms with Crippen molar-refractivity contribution < 1.29 is 4.79 Å². The first-order chi connectivity index (χ1) is 7.69. The van der Waals surface area contributed by atoms with Gasteiger partial charge in [-0.05, 0) is 29.7 Å². The molecule has 1 unspecified atom stereocenters. The van der Waals surface area contributed by atoms with Crippen LogP contribution < -0.4 is 0 Å². The van der Waals surface area contributed by atoms with Crippen molar-refractivity contribution in [3.05, 3.63) is 35.4 Å². The Hall–Kier alpha value is -1.33. The fraction of sp³-hybridized carbons (Fsp3) is 0.385. The Balaban J connectivity index is 2.89. The highest BCUT2D eigenvalue weighted by atomic mass is 35.5. The molecule has 2 nitrogen and oxygen atoms in total. The third-order valence-electron chi connectivity index (χ3n) is 2.52. The molecule has 0 aliphatic carbocycles. The standard InChI is InChI=1S/C13H14ClNO/c1-2-3-5-12(9-15)10-6-4-7-11(8-10)13(14)16/h4,6-8,12H,2-3,5H2,1H3. The molecule has 84 valence electrons. The molecule has 0 aliphatic heterocycles. The lowest BCUT2D eigenvalue weighted by Gasteiger charge is -2.09. The number of carbonyl (C=O) groups is 1. The van der Waals surface area contributed by atoms with E-state index in [9.17, 15) is 4.79 Å². The van der Waals surface area contributed by atoms with Crippen molar-refractivity contribution in [3.63, 3.8) is 0 Å². The first-order valence-electron chi connectivity index (χ1n) is 5.38. The second kappa shape index (κ2) is 6.30. The Bertz CT molecular complexity index is 409. The molecule has 0 N–H and O–H groups in total. The molecule has 3 heteroatoms.